The van der Waals surface area contributed by atoms with Crippen LogP contribution in [0, 0.1) is 5.92 Å². The molecule has 0 amide bonds. The van der Waals surface area contributed by atoms with E-state index in [-0.39, 0.29) is 23.9 Å². The molecule has 0 aliphatic heterocycles. The number of hydrogen-bond donors (Lipinski definition) is 1. The van der Waals surface area contributed by atoms with Crippen molar-refractivity contribution in [2.24, 2.45) is 5.92 Å². The summed E-state index contributed by atoms with van der Waals surface area (Å²) in [4.78, 5) is 52.2. The fraction of sp³-hybridized carbons (Fsp3) is 0.320. The van der Waals surface area contributed by atoms with Gasteiger partial charge in [0.15, 0.2) is 11.6 Å². The number of nitrogens with zero attached hydrogens (tertiary/aromatic N) is 2. The lowest BCUT2D eigenvalue weighted by Gasteiger charge is -2.26. The van der Waals surface area contributed by atoms with E-state index in [0.717, 1.165) is 11.3 Å². The van der Waals surface area contributed by atoms with Crippen LogP contribution in [0.3, 0.4) is 0 Å². The van der Waals surface area contributed by atoms with E-state index in [2.05, 4.69) is 4.98 Å². The first-order chi connectivity index (χ1) is 15.2. The van der Waals surface area contributed by atoms with Crippen molar-refractivity contribution < 1.29 is 24.3 Å². The topological polar surface area (TPSA) is 106 Å². The van der Waals surface area contributed by atoms with E-state index in [0.29, 0.717) is 41.6 Å². The Kier molecular flexibility index (Phi) is 6.98. The van der Waals surface area contributed by atoms with Crippen molar-refractivity contribution >= 4 is 23.3 Å². The van der Waals surface area contributed by atoms with Gasteiger partial charge in [0.2, 0.25) is 5.78 Å². The number of ketones is 3. The van der Waals surface area contributed by atoms with Gasteiger partial charge in [0.1, 0.15) is 0 Å². The van der Waals surface area contributed by atoms with Gasteiger partial charge in [0, 0.05) is 46.8 Å². The zero-order valence-electron chi connectivity index (χ0n) is 18.4. The molecule has 0 radical (unpaired) electrons. The summed E-state index contributed by atoms with van der Waals surface area (Å²) in [7, 11) is 0. The Balaban J connectivity index is 1.87. The molecule has 7 heteroatoms. The number of aromatic nitrogens is 2. The van der Waals surface area contributed by atoms with Crippen molar-refractivity contribution in [3.8, 4) is 5.69 Å². The fourth-order valence-corrected chi connectivity index (χ4v) is 4.07. The number of carboxylic acid groups (broad SMARTS) is 1. The van der Waals surface area contributed by atoms with Gasteiger partial charge < -0.3 is 9.67 Å². The first kappa shape index (κ1) is 23.1. The maximum Gasteiger partial charge on any atom is 0.372 e. The molecule has 1 N–H and O–H groups in total. The van der Waals surface area contributed by atoms with E-state index < -0.39 is 11.8 Å². The molecule has 1 heterocycles. The lowest BCUT2D eigenvalue weighted by molar-refractivity contribution is -0.149. The average Bonchev–Trinajstić information content (AvgIpc) is 3.31. The van der Waals surface area contributed by atoms with Gasteiger partial charge in [-0.15, -0.1) is 0 Å². The Morgan fingerprint density at radius 2 is 1.66 bits per heavy atom. The third-order valence-corrected chi connectivity index (χ3v) is 6.06. The molecule has 2 aromatic rings. The van der Waals surface area contributed by atoms with E-state index in [1.807, 2.05) is 35.0 Å². The third-order valence-electron chi connectivity index (χ3n) is 6.06. The van der Waals surface area contributed by atoms with Crippen molar-refractivity contribution in [1.82, 2.24) is 9.55 Å². The first-order valence-corrected chi connectivity index (χ1v) is 10.5. The van der Waals surface area contributed by atoms with Crippen LogP contribution >= 0.6 is 0 Å². The summed E-state index contributed by atoms with van der Waals surface area (Å²) >= 11 is 0. The second-order valence-corrected chi connectivity index (χ2v) is 8.10. The number of hydrogen-bond acceptors (Lipinski definition) is 5. The summed E-state index contributed by atoms with van der Waals surface area (Å²) in [5, 5.41) is 8.85. The minimum absolute atomic E-state index is 0.103. The van der Waals surface area contributed by atoms with Crippen LogP contribution in [0.5, 0.6) is 0 Å². The molecular weight excluding hydrogens is 408 g/mol. The Labute approximate surface area is 186 Å². The maximum absolute atomic E-state index is 13.1. The molecule has 0 saturated carbocycles. The number of carbonyl (C=O) groups is 4. The summed E-state index contributed by atoms with van der Waals surface area (Å²) in [6, 6.07) is 7.83. The molecule has 0 saturated heterocycles. The van der Waals surface area contributed by atoms with Gasteiger partial charge >= 0.3 is 5.97 Å². The minimum atomic E-state index is -1.45. The van der Waals surface area contributed by atoms with E-state index in [4.69, 9.17) is 5.11 Å². The van der Waals surface area contributed by atoms with Crippen LogP contribution in [0.4, 0.5) is 0 Å². The summed E-state index contributed by atoms with van der Waals surface area (Å²) in [5.41, 5.74) is 3.73. The molecule has 1 aliphatic rings. The Morgan fingerprint density at radius 3 is 2.25 bits per heavy atom. The highest BCUT2D eigenvalue weighted by Crippen LogP contribution is 2.33. The molecule has 0 bridgehead atoms. The SMILES string of the molecule is CC1=C(C)C(=O)C(C(CCCC(=O)C(=O)O)Cc2ccc(-n3ccnc3)cc2)=C(C)C1=O. The van der Waals surface area contributed by atoms with Crippen molar-refractivity contribution in [1.29, 1.82) is 0 Å². The second kappa shape index (κ2) is 9.68. The summed E-state index contributed by atoms with van der Waals surface area (Å²) in [6.45, 7) is 4.99. The zero-order chi connectivity index (χ0) is 23.4. The monoisotopic (exact) mass is 434 g/mol. The molecule has 0 fully saturated rings. The largest absolute Gasteiger partial charge is 0.476 e. The standard InChI is InChI=1S/C25H26N2O5/c1-15-16(2)24(30)22(17(3)23(15)29)19(5-4-6-21(28)25(31)32)13-18-7-9-20(10-8-18)27-12-11-26-14-27/h7-12,14,19H,4-6,13H2,1-3H3,(H,31,32). The normalized spacial score (nSPS) is 15.3. The highest BCUT2D eigenvalue weighted by molar-refractivity contribution is 6.32. The zero-order valence-corrected chi connectivity index (χ0v) is 18.4. The van der Waals surface area contributed by atoms with Crippen LogP contribution in [0.1, 0.15) is 45.6 Å². The van der Waals surface area contributed by atoms with Crippen molar-refractivity contribution in [2.75, 3.05) is 0 Å². The molecule has 1 aliphatic carbocycles. The molecule has 0 spiro atoms. The molecule has 1 unspecified atom stereocenters. The van der Waals surface area contributed by atoms with Gasteiger partial charge in [0.25, 0.3) is 0 Å². The molecule has 1 aromatic carbocycles. The van der Waals surface area contributed by atoms with Gasteiger partial charge in [0.05, 0.1) is 6.33 Å². The number of benzene rings is 1. The molecule has 7 nitrogen and oxygen atoms in total. The highest BCUT2D eigenvalue weighted by Gasteiger charge is 2.32. The van der Waals surface area contributed by atoms with E-state index in [9.17, 15) is 19.2 Å². The maximum atomic E-state index is 13.1. The van der Waals surface area contributed by atoms with Crippen LogP contribution in [0.25, 0.3) is 5.69 Å². The van der Waals surface area contributed by atoms with Gasteiger partial charge in [-0.1, -0.05) is 12.1 Å². The molecular formula is C25H26N2O5. The second-order valence-electron chi connectivity index (χ2n) is 8.10. The van der Waals surface area contributed by atoms with Crippen LogP contribution in [0.15, 0.2) is 65.3 Å². The molecule has 1 aromatic heterocycles. The number of Topliss-reactive ketones (excluding diaryl/α,β-unsaturated/α-hetero) is 3. The lowest BCUT2D eigenvalue weighted by Crippen LogP contribution is -2.26. The summed E-state index contributed by atoms with van der Waals surface area (Å²) < 4.78 is 1.88. The predicted octanol–water partition coefficient (Wildman–Crippen LogP) is 3.66. The Hall–Kier alpha value is -3.61. The van der Waals surface area contributed by atoms with Gasteiger partial charge in [-0.25, -0.2) is 9.78 Å². The minimum Gasteiger partial charge on any atom is -0.476 e. The lowest BCUT2D eigenvalue weighted by atomic mass is 9.76. The van der Waals surface area contributed by atoms with Crippen LogP contribution < -0.4 is 0 Å². The quantitative estimate of drug-likeness (QED) is 0.477. The molecule has 166 valence electrons. The third kappa shape index (κ3) is 4.82. The number of carboxylic acids is 1. The van der Waals surface area contributed by atoms with Crippen molar-refractivity contribution in [3.05, 3.63) is 70.8 Å². The highest BCUT2D eigenvalue weighted by atomic mass is 16.4. The fourth-order valence-electron chi connectivity index (χ4n) is 4.07. The van der Waals surface area contributed by atoms with Crippen LogP contribution in [-0.2, 0) is 25.6 Å². The van der Waals surface area contributed by atoms with Gasteiger partial charge in [-0.3, -0.25) is 14.4 Å². The summed E-state index contributed by atoms with van der Waals surface area (Å²) in [5.74, 6) is -2.89. The van der Waals surface area contributed by atoms with Crippen molar-refractivity contribution in [3.63, 3.8) is 0 Å². The molecule has 3 rings (SSSR count). The van der Waals surface area contributed by atoms with Crippen LogP contribution in [-0.4, -0.2) is 38.0 Å². The van der Waals surface area contributed by atoms with E-state index in [1.54, 1.807) is 33.3 Å². The number of imidazole rings is 1. The first-order valence-electron chi connectivity index (χ1n) is 10.5. The van der Waals surface area contributed by atoms with E-state index in [1.165, 1.54) is 0 Å². The number of carbonyl (C=O) groups excluding carboxylic acids is 3. The van der Waals surface area contributed by atoms with Gasteiger partial charge in [-0.2, -0.15) is 0 Å². The number of aliphatic carboxylic acids is 1. The Morgan fingerprint density at radius 1 is 1.00 bits per heavy atom. The number of allylic oxidation sites excluding steroid dienone is 4. The van der Waals surface area contributed by atoms with Crippen LogP contribution in [0.2, 0.25) is 0 Å². The molecule has 1 atom stereocenters. The average molecular weight is 434 g/mol. The molecule has 32 heavy (non-hydrogen) atoms. The smallest absolute Gasteiger partial charge is 0.372 e. The van der Waals surface area contributed by atoms with E-state index >= 15 is 0 Å². The predicted molar refractivity (Wildman–Crippen MR) is 118 cm³/mol. The number of rotatable bonds is 9. The van der Waals surface area contributed by atoms with Crippen molar-refractivity contribution in [2.45, 2.75) is 46.5 Å². The Bertz CT molecular complexity index is 1120. The summed E-state index contributed by atoms with van der Waals surface area (Å²) in [6.07, 6.45) is 6.39. The van der Waals surface area contributed by atoms with Gasteiger partial charge in [-0.05, 0) is 63.6 Å².